The predicted octanol–water partition coefficient (Wildman–Crippen LogP) is 4.01. The molecule has 25 heavy (non-hydrogen) atoms. The molecule has 2 N–H and O–H groups in total. The normalized spacial score (nSPS) is 10.8. The van der Waals surface area contributed by atoms with Crippen LogP contribution in [0, 0.1) is 0 Å². The van der Waals surface area contributed by atoms with Gasteiger partial charge in [-0.2, -0.15) is 0 Å². The maximum absolute atomic E-state index is 12.1. The van der Waals surface area contributed by atoms with Crippen molar-refractivity contribution in [3.8, 4) is 0 Å². The fraction of sp³-hybridized carbons (Fsp3) is 0.300. The zero-order valence-corrected chi connectivity index (χ0v) is 14.8. The van der Waals surface area contributed by atoms with Crippen LogP contribution < -0.4 is 10.6 Å². The predicted molar refractivity (Wildman–Crippen MR) is 98.8 cm³/mol. The lowest BCUT2D eigenvalue weighted by Gasteiger charge is -2.19. The number of nitrogens with one attached hydrogen (secondary N) is 2. The molecule has 0 aliphatic carbocycles. The molecule has 5 nitrogen and oxygen atoms in total. The number of rotatable bonds is 5. The van der Waals surface area contributed by atoms with Crippen LogP contribution in [0.1, 0.15) is 36.7 Å². The summed E-state index contributed by atoms with van der Waals surface area (Å²) in [7, 11) is 0. The molecule has 0 unspecified atom stereocenters. The van der Waals surface area contributed by atoms with Crippen LogP contribution in [0.4, 0.5) is 10.5 Å². The summed E-state index contributed by atoms with van der Waals surface area (Å²) < 4.78 is 5.18. The van der Waals surface area contributed by atoms with Gasteiger partial charge in [-0.25, -0.2) is 4.79 Å². The highest BCUT2D eigenvalue weighted by Crippen LogP contribution is 2.12. The molecule has 0 atom stereocenters. The molecule has 2 aromatic carbocycles. The van der Waals surface area contributed by atoms with Crippen molar-refractivity contribution < 1.29 is 14.3 Å². The summed E-state index contributed by atoms with van der Waals surface area (Å²) in [5.74, 6) is -0.139. The van der Waals surface area contributed by atoms with Gasteiger partial charge in [0.2, 0.25) is 0 Å². The third-order valence-corrected chi connectivity index (χ3v) is 3.33. The van der Waals surface area contributed by atoms with E-state index in [4.69, 9.17) is 4.74 Å². The molecule has 132 valence electrons. The minimum atomic E-state index is -0.497. The highest BCUT2D eigenvalue weighted by atomic mass is 16.6. The number of carbonyl (C=O) groups is 2. The van der Waals surface area contributed by atoms with E-state index in [2.05, 4.69) is 10.6 Å². The number of hydrogen-bond donors (Lipinski definition) is 2. The van der Waals surface area contributed by atoms with E-state index in [9.17, 15) is 9.59 Å². The van der Waals surface area contributed by atoms with Crippen molar-refractivity contribution in [2.24, 2.45) is 0 Å². The van der Waals surface area contributed by atoms with Crippen molar-refractivity contribution in [1.82, 2.24) is 5.32 Å². The lowest BCUT2D eigenvalue weighted by Crippen LogP contribution is -2.33. The molecule has 0 fully saturated rings. The zero-order chi connectivity index (χ0) is 18.3. The highest BCUT2D eigenvalue weighted by Gasteiger charge is 2.15. The minimum Gasteiger partial charge on any atom is -0.444 e. The Kier molecular flexibility index (Phi) is 6.17. The smallest absolute Gasteiger partial charge is 0.407 e. The van der Waals surface area contributed by atoms with Gasteiger partial charge in [0, 0.05) is 17.8 Å². The molecule has 0 saturated carbocycles. The Labute approximate surface area is 148 Å². The Morgan fingerprint density at radius 3 is 2.20 bits per heavy atom. The van der Waals surface area contributed by atoms with Gasteiger partial charge in [0.1, 0.15) is 5.60 Å². The number of anilines is 1. The van der Waals surface area contributed by atoms with E-state index >= 15 is 0 Å². The van der Waals surface area contributed by atoms with E-state index in [1.54, 1.807) is 12.1 Å². The van der Waals surface area contributed by atoms with E-state index in [0.717, 1.165) is 11.3 Å². The van der Waals surface area contributed by atoms with Crippen molar-refractivity contribution >= 4 is 17.7 Å². The first-order valence-corrected chi connectivity index (χ1v) is 8.26. The van der Waals surface area contributed by atoms with Crippen molar-refractivity contribution in [2.75, 3.05) is 11.9 Å². The molecular weight excluding hydrogens is 316 g/mol. The van der Waals surface area contributed by atoms with Gasteiger partial charge in [-0.1, -0.05) is 30.3 Å². The second-order valence-electron chi connectivity index (χ2n) is 6.70. The van der Waals surface area contributed by atoms with E-state index in [0.29, 0.717) is 18.5 Å². The van der Waals surface area contributed by atoms with E-state index in [1.165, 1.54) is 0 Å². The van der Waals surface area contributed by atoms with E-state index < -0.39 is 11.7 Å². The molecule has 0 radical (unpaired) electrons. The molecule has 0 aliphatic rings. The quantitative estimate of drug-likeness (QED) is 0.864. The lowest BCUT2D eigenvalue weighted by molar-refractivity contribution is 0.0528. The summed E-state index contributed by atoms with van der Waals surface area (Å²) in [6, 6.07) is 16.6. The SMILES string of the molecule is CC(C)(C)OC(=O)NCCc1ccc(NC(=O)c2ccccc2)cc1. The molecule has 0 bridgehead atoms. The van der Waals surface area contributed by atoms with Crippen LogP contribution in [-0.4, -0.2) is 24.1 Å². The standard InChI is InChI=1S/C20H24N2O3/c1-20(2,3)25-19(24)21-14-13-15-9-11-17(12-10-15)22-18(23)16-7-5-4-6-8-16/h4-12H,13-14H2,1-3H3,(H,21,24)(H,22,23). The summed E-state index contributed by atoms with van der Waals surface area (Å²) in [4.78, 5) is 23.7. The summed E-state index contributed by atoms with van der Waals surface area (Å²) in [6.07, 6.45) is 0.269. The van der Waals surface area contributed by atoms with Gasteiger partial charge >= 0.3 is 6.09 Å². The van der Waals surface area contributed by atoms with Crippen molar-refractivity contribution in [3.05, 3.63) is 65.7 Å². The van der Waals surface area contributed by atoms with Crippen LogP contribution in [-0.2, 0) is 11.2 Å². The van der Waals surface area contributed by atoms with Crippen LogP contribution in [0.3, 0.4) is 0 Å². The first-order chi connectivity index (χ1) is 11.8. The van der Waals surface area contributed by atoms with Gasteiger partial charge in [-0.05, 0) is 57.0 Å². The van der Waals surface area contributed by atoms with Crippen LogP contribution in [0.15, 0.2) is 54.6 Å². The third kappa shape index (κ3) is 6.67. The highest BCUT2D eigenvalue weighted by molar-refractivity contribution is 6.04. The van der Waals surface area contributed by atoms with Crippen LogP contribution >= 0.6 is 0 Å². The Balaban J connectivity index is 1.80. The molecule has 0 aromatic heterocycles. The number of ether oxygens (including phenoxy) is 1. The van der Waals surface area contributed by atoms with Crippen molar-refractivity contribution in [1.29, 1.82) is 0 Å². The molecule has 0 heterocycles. The molecule has 0 spiro atoms. The molecule has 2 rings (SSSR count). The third-order valence-electron chi connectivity index (χ3n) is 3.33. The number of benzene rings is 2. The average molecular weight is 340 g/mol. The lowest BCUT2D eigenvalue weighted by atomic mass is 10.1. The van der Waals surface area contributed by atoms with E-state index in [-0.39, 0.29) is 5.91 Å². The number of hydrogen-bond acceptors (Lipinski definition) is 3. The van der Waals surface area contributed by atoms with Crippen LogP contribution in [0.25, 0.3) is 0 Å². The van der Waals surface area contributed by atoms with Crippen molar-refractivity contribution in [2.45, 2.75) is 32.8 Å². The molecular formula is C20H24N2O3. The molecule has 5 heteroatoms. The first-order valence-electron chi connectivity index (χ1n) is 8.26. The van der Waals surface area contributed by atoms with Gasteiger partial charge in [0.05, 0.1) is 0 Å². The van der Waals surface area contributed by atoms with Crippen LogP contribution in [0.2, 0.25) is 0 Å². The van der Waals surface area contributed by atoms with Gasteiger partial charge in [0.25, 0.3) is 5.91 Å². The Morgan fingerprint density at radius 2 is 1.60 bits per heavy atom. The number of alkyl carbamates (subject to hydrolysis) is 1. The Hall–Kier alpha value is -2.82. The maximum atomic E-state index is 12.1. The largest absolute Gasteiger partial charge is 0.444 e. The van der Waals surface area contributed by atoms with E-state index in [1.807, 2.05) is 63.2 Å². The molecule has 2 aromatic rings. The molecule has 2 amide bonds. The van der Waals surface area contributed by atoms with Crippen LogP contribution in [0.5, 0.6) is 0 Å². The molecule has 0 saturated heterocycles. The number of carbonyl (C=O) groups excluding carboxylic acids is 2. The van der Waals surface area contributed by atoms with Gasteiger partial charge in [-0.3, -0.25) is 4.79 Å². The Morgan fingerprint density at radius 1 is 0.960 bits per heavy atom. The second-order valence-corrected chi connectivity index (χ2v) is 6.70. The van der Waals surface area contributed by atoms with Gasteiger partial charge < -0.3 is 15.4 Å². The summed E-state index contributed by atoms with van der Waals surface area (Å²) >= 11 is 0. The summed E-state index contributed by atoms with van der Waals surface area (Å²) in [5, 5.41) is 5.58. The minimum absolute atomic E-state index is 0.139. The van der Waals surface area contributed by atoms with Gasteiger partial charge in [0.15, 0.2) is 0 Å². The summed E-state index contributed by atoms with van der Waals surface area (Å²) in [6.45, 7) is 5.98. The maximum Gasteiger partial charge on any atom is 0.407 e. The second kappa shape index (κ2) is 8.33. The zero-order valence-electron chi connectivity index (χ0n) is 14.8. The molecule has 0 aliphatic heterocycles. The fourth-order valence-corrected chi connectivity index (χ4v) is 2.17. The Bertz CT molecular complexity index is 704. The monoisotopic (exact) mass is 340 g/mol. The first kappa shape index (κ1) is 18.5. The van der Waals surface area contributed by atoms with Crippen molar-refractivity contribution in [3.63, 3.8) is 0 Å². The van der Waals surface area contributed by atoms with Gasteiger partial charge in [-0.15, -0.1) is 0 Å². The summed E-state index contributed by atoms with van der Waals surface area (Å²) in [5.41, 5.74) is 1.92. The topological polar surface area (TPSA) is 67.4 Å². The average Bonchev–Trinajstić information content (AvgIpc) is 2.55. The number of amides is 2. The fourth-order valence-electron chi connectivity index (χ4n) is 2.17.